The van der Waals surface area contributed by atoms with Crippen LogP contribution in [0.1, 0.15) is 22.3 Å². The zero-order chi connectivity index (χ0) is 21.8. The number of hydrogen-bond acceptors (Lipinski definition) is 4. The van der Waals surface area contributed by atoms with Gasteiger partial charge in [-0.3, -0.25) is 0 Å². The number of aliphatic carboxylic acids is 1. The molecule has 1 N–H and O–H groups in total. The molecule has 0 saturated carbocycles. The Kier molecular flexibility index (Phi) is 6.14. The number of carbonyl (C=O) groups is 1. The quantitative estimate of drug-likeness (QED) is 0.496. The predicted molar refractivity (Wildman–Crippen MR) is 126 cm³/mol. The van der Waals surface area contributed by atoms with Crippen LogP contribution in [0.4, 0.5) is 0 Å². The Morgan fingerprint density at radius 3 is 2.19 bits per heavy atom. The van der Waals surface area contributed by atoms with Gasteiger partial charge in [0.2, 0.25) is 0 Å². The normalized spacial score (nSPS) is 13.2. The Balaban J connectivity index is 1.84. The number of carboxylic acid groups (broad SMARTS) is 1. The molecule has 0 aliphatic carbocycles. The van der Waals surface area contributed by atoms with Crippen LogP contribution in [-0.4, -0.2) is 31.0 Å². The van der Waals surface area contributed by atoms with Crippen molar-refractivity contribution in [2.75, 3.05) is 20.0 Å². The van der Waals surface area contributed by atoms with Gasteiger partial charge in [0.05, 0.1) is 14.2 Å². The van der Waals surface area contributed by atoms with Gasteiger partial charge in [0.15, 0.2) is 0 Å². The van der Waals surface area contributed by atoms with Gasteiger partial charge in [0, 0.05) is 16.7 Å². The Labute approximate surface area is 185 Å². The lowest BCUT2D eigenvalue weighted by molar-refractivity contribution is -0.131. The van der Waals surface area contributed by atoms with Crippen molar-refractivity contribution in [3.05, 3.63) is 95.1 Å². The Hall–Kier alpha value is -3.44. The highest BCUT2D eigenvalue weighted by Crippen LogP contribution is 2.45. The summed E-state index contributed by atoms with van der Waals surface area (Å²) >= 11 is 1.80. The molecule has 0 fully saturated rings. The van der Waals surface area contributed by atoms with Crippen LogP contribution in [0.15, 0.2) is 77.7 Å². The molecule has 4 rings (SSSR count). The zero-order valence-corrected chi connectivity index (χ0v) is 18.1. The summed E-state index contributed by atoms with van der Waals surface area (Å²) in [6.45, 7) is 0. The first-order chi connectivity index (χ1) is 15.1. The van der Waals surface area contributed by atoms with Crippen LogP contribution in [-0.2, 0) is 4.79 Å². The third-order valence-corrected chi connectivity index (χ3v) is 6.27. The maximum atomic E-state index is 10.8. The van der Waals surface area contributed by atoms with Crippen LogP contribution in [0.25, 0.3) is 17.2 Å². The average Bonchev–Trinajstić information content (AvgIpc) is 2.82. The molecule has 0 aromatic heterocycles. The molecule has 1 aliphatic heterocycles. The van der Waals surface area contributed by atoms with Crippen molar-refractivity contribution in [2.45, 2.75) is 4.90 Å². The Morgan fingerprint density at radius 2 is 1.55 bits per heavy atom. The third-order valence-electron chi connectivity index (χ3n) is 5.19. The van der Waals surface area contributed by atoms with Crippen molar-refractivity contribution in [3.8, 4) is 11.5 Å². The Morgan fingerprint density at radius 1 is 0.903 bits per heavy atom. The van der Waals surface area contributed by atoms with E-state index < -0.39 is 5.97 Å². The van der Waals surface area contributed by atoms with Crippen molar-refractivity contribution < 1.29 is 19.4 Å². The number of methoxy groups -OCH3 is 2. The van der Waals surface area contributed by atoms with Crippen molar-refractivity contribution >= 4 is 35.0 Å². The van der Waals surface area contributed by atoms with Crippen LogP contribution >= 0.6 is 11.8 Å². The SMILES string of the molecule is COc1ccc(C2=C(c3ccc(/C=C/C(=O)O)cc3)c3ccc(OC)cc3SC2)cc1. The van der Waals surface area contributed by atoms with Crippen molar-refractivity contribution in [2.24, 2.45) is 0 Å². The van der Waals surface area contributed by atoms with E-state index in [0.717, 1.165) is 45.6 Å². The fourth-order valence-corrected chi connectivity index (χ4v) is 4.75. The van der Waals surface area contributed by atoms with E-state index >= 15 is 0 Å². The molecule has 4 nitrogen and oxygen atoms in total. The molecule has 0 amide bonds. The molecular weight excluding hydrogens is 408 g/mol. The second-order valence-corrected chi connectivity index (χ2v) is 8.04. The lowest BCUT2D eigenvalue weighted by Crippen LogP contribution is -2.04. The highest BCUT2D eigenvalue weighted by Gasteiger charge is 2.22. The van der Waals surface area contributed by atoms with Crippen molar-refractivity contribution in [1.82, 2.24) is 0 Å². The molecule has 1 aliphatic rings. The molecule has 0 atom stereocenters. The number of hydrogen-bond donors (Lipinski definition) is 1. The summed E-state index contributed by atoms with van der Waals surface area (Å²) in [4.78, 5) is 12.0. The van der Waals surface area contributed by atoms with Gasteiger partial charge in [-0.1, -0.05) is 36.4 Å². The average molecular weight is 431 g/mol. The fraction of sp³-hybridized carbons (Fsp3) is 0.115. The molecule has 1 heterocycles. The van der Waals surface area contributed by atoms with Crippen LogP contribution in [0.5, 0.6) is 11.5 Å². The van der Waals surface area contributed by atoms with Crippen LogP contribution in [0.2, 0.25) is 0 Å². The fourth-order valence-electron chi connectivity index (χ4n) is 3.62. The summed E-state index contributed by atoms with van der Waals surface area (Å²) < 4.78 is 10.7. The smallest absolute Gasteiger partial charge is 0.328 e. The zero-order valence-electron chi connectivity index (χ0n) is 17.3. The Bertz CT molecular complexity index is 1160. The van der Waals surface area contributed by atoms with E-state index in [1.54, 1.807) is 32.1 Å². The highest BCUT2D eigenvalue weighted by atomic mass is 32.2. The van der Waals surface area contributed by atoms with E-state index in [2.05, 4.69) is 24.3 Å². The third kappa shape index (κ3) is 4.52. The van der Waals surface area contributed by atoms with E-state index in [4.69, 9.17) is 14.6 Å². The number of rotatable bonds is 6. The van der Waals surface area contributed by atoms with Gasteiger partial charge in [-0.2, -0.15) is 0 Å². The first kappa shape index (κ1) is 20.8. The highest BCUT2D eigenvalue weighted by molar-refractivity contribution is 7.99. The molecular formula is C26H22O4S. The van der Waals surface area contributed by atoms with Crippen LogP contribution < -0.4 is 9.47 Å². The summed E-state index contributed by atoms with van der Waals surface area (Å²) in [5, 5.41) is 8.87. The summed E-state index contributed by atoms with van der Waals surface area (Å²) in [6, 6.07) is 22.3. The van der Waals surface area contributed by atoms with E-state index in [-0.39, 0.29) is 0 Å². The molecule has 0 unspecified atom stereocenters. The summed E-state index contributed by atoms with van der Waals surface area (Å²) in [7, 11) is 3.35. The number of benzene rings is 3. The van der Waals surface area contributed by atoms with E-state index in [1.807, 2.05) is 42.5 Å². The first-order valence-electron chi connectivity index (χ1n) is 9.79. The molecule has 156 valence electrons. The van der Waals surface area contributed by atoms with Gasteiger partial charge in [0.1, 0.15) is 11.5 Å². The van der Waals surface area contributed by atoms with Gasteiger partial charge in [-0.25, -0.2) is 4.79 Å². The van der Waals surface area contributed by atoms with Gasteiger partial charge < -0.3 is 14.6 Å². The van der Waals surface area contributed by atoms with Gasteiger partial charge in [0.25, 0.3) is 0 Å². The second kappa shape index (κ2) is 9.14. The van der Waals surface area contributed by atoms with Crippen molar-refractivity contribution in [3.63, 3.8) is 0 Å². The molecule has 3 aromatic rings. The minimum Gasteiger partial charge on any atom is -0.497 e. The monoisotopic (exact) mass is 430 g/mol. The molecule has 0 bridgehead atoms. The standard InChI is InChI=1S/C26H22O4S/c1-29-20-10-8-18(9-11-20)23-16-31-24-15-21(30-2)12-13-22(24)26(23)19-6-3-17(4-7-19)5-14-25(27)28/h3-15H,16H2,1-2H3,(H,27,28)/b14-5+. The number of carboxylic acids is 1. The van der Waals surface area contributed by atoms with Crippen molar-refractivity contribution in [1.29, 1.82) is 0 Å². The largest absolute Gasteiger partial charge is 0.497 e. The van der Waals surface area contributed by atoms with Gasteiger partial charge in [-0.05, 0) is 69.8 Å². The van der Waals surface area contributed by atoms with Gasteiger partial charge >= 0.3 is 5.97 Å². The minimum absolute atomic E-state index is 0.828. The molecule has 0 radical (unpaired) electrons. The minimum atomic E-state index is -0.958. The maximum absolute atomic E-state index is 10.8. The van der Waals surface area contributed by atoms with Crippen LogP contribution in [0.3, 0.4) is 0 Å². The molecule has 5 heteroatoms. The lowest BCUT2D eigenvalue weighted by atomic mass is 9.89. The number of fused-ring (bicyclic) bond motifs is 1. The van der Waals surface area contributed by atoms with E-state index in [9.17, 15) is 4.79 Å². The molecule has 0 saturated heterocycles. The van der Waals surface area contributed by atoms with E-state index in [0.29, 0.717) is 0 Å². The summed E-state index contributed by atoms with van der Waals surface area (Å²) in [5.41, 5.74) is 6.67. The molecule has 3 aromatic carbocycles. The lowest BCUT2D eigenvalue weighted by Gasteiger charge is -2.24. The van der Waals surface area contributed by atoms with Crippen LogP contribution in [0, 0.1) is 0 Å². The number of thioether (sulfide) groups is 1. The maximum Gasteiger partial charge on any atom is 0.328 e. The summed E-state index contributed by atoms with van der Waals surface area (Å²) in [5.74, 6) is 1.55. The first-order valence-corrected chi connectivity index (χ1v) is 10.8. The second-order valence-electron chi connectivity index (χ2n) is 7.03. The summed E-state index contributed by atoms with van der Waals surface area (Å²) in [6.07, 6.45) is 2.75. The van der Waals surface area contributed by atoms with Gasteiger partial charge in [-0.15, -0.1) is 11.8 Å². The van der Waals surface area contributed by atoms with E-state index in [1.165, 1.54) is 16.0 Å². The topological polar surface area (TPSA) is 55.8 Å². The number of ether oxygens (including phenoxy) is 2. The molecule has 0 spiro atoms. The predicted octanol–water partition coefficient (Wildman–Crippen LogP) is 5.87. The molecule has 31 heavy (non-hydrogen) atoms.